The molecule has 1 aromatic heterocycles. The zero-order valence-electron chi connectivity index (χ0n) is 12.3. The summed E-state index contributed by atoms with van der Waals surface area (Å²) in [5, 5.41) is 10.0. The zero-order valence-corrected chi connectivity index (χ0v) is 12.3. The lowest BCUT2D eigenvalue weighted by Gasteiger charge is -2.13. The number of benzene rings is 1. The molecule has 1 aliphatic heterocycles. The highest BCUT2D eigenvalue weighted by atomic mass is 16.5. The number of fused-ring (bicyclic) bond motifs is 1. The first-order chi connectivity index (χ1) is 10.1. The number of carbonyl (C=O) groups is 1. The van der Waals surface area contributed by atoms with Crippen LogP contribution < -0.4 is 0 Å². The third-order valence-electron chi connectivity index (χ3n) is 4.20. The Labute approximate surface area is 124 Å². The summed E-state index contributed by atoms with van der Waals surface area (Å²) in [5.74, 6) is -0.750. The maximum atomic E-state index is 10.8. The first kappa shape index (κ1) is 14.1. The average molecular weight is 287 g/mol. The Morgan fingerprint density at radius 2 is 2.19 bits per heavy atom. The fraction of sp³-hybridized carbons (Fsp3) is 0.471. The molecule has 4 heteroatoms. The Morgan fingerprint density at radius 1 is 1.38 bits per heavy atom. The van der Waals surface area contributed by atoms with Crippen LogP contribution in [0.5, 0.6) is 0 Å². The van der Waals surface area contributed by atoms with Crippen LogP contribution in [0.15, 0.2) is 30.5 Å². The van der Waals surface area contributed by atoms with Gasteiger partial charge in [0.05, 0.1) is 12.2 Å². The molecule has 0 amide bonds. The molecule has 2 aromatic rings. The van der Waals surface area contributed by atoms with Crippen molar-refractivity contribution in [1.82, 2.24) is 4.57 Å². The molecule has 0 aliphatic carbocycles. The van der Waals surface area contributed by atoms with Gasteiger partial charge in [-0.1, -0.05) is 18.2 Å². The minimum atomic E-state index is -0.750. The van der Waals surface area contributed by atoms with E-state index >= 15 is 0 Å². The van der Waals surface area contributed by atoms with Crippen molar-refractivity contribution in [3.63, 3.8) is 0 Å². The van der Waals surface area contributed by atoms with Crippen molar-refractivity contribution in [2.24, 2.45) is 0 Å². The van der Waals surface area contributed by atoms with Gasteiger partial charge in [-0.05, 0) is 37.8 Å². The van der Waals surface area contributed by atoms with E-state index in [0.29, 0.717) is 12.5 Å². The van der Waals surface area contributed by atoms with Gasteiger partial charge in [0, 0.05) is 30.1 Å². The third kappa shape index (κ3) is 3.10. The van der Waals surface area contributed by atoms with E-state index in [0.717, 1.165) is 30.3 Å². The minimum Gasteiger partial charge on any atom is -0.481 e. The van der Waals surface area contributed by atoms with E-state index in [-0.39, 0.29) is 12.5 Å². The van der Waals surface area contributed by atoms with Crippen molar-refractivity contribution < 1.29 is 14.6 Å². The summed E-state index contributed by atoms with van der Waals surface area (Å²) < 4.78 is 8.12. The van der Waals surface area contributed by atoms with Gasteiger partial charge in [0.25, 0.3) is 0 Å². The number of aliphatic carboxylic acids is 1. The molecular formula is C17H21NO3. The van der Waals surface area contributed by atoms with Crippen molar-refractivity contribution in [1.29, 1.82) is 0 Å². The molecule has 2 unspecified atom stereocenters. The number of carboxylic acid groups (broad SMARTS) is 1. The highest BCUT2D eigenvalue weighted by molar-refractivity contribution is 5.84. The summed E-state index contributed by atoms with van der Waals surface area (Å²) in [4.78, 5) is 10.8. The second-order valence-corrected chi connectivity index (χ2v) is 5.86. The molecule has 0 radical (unpaired) electrons. The molecule has 21 heavy (non-hydrogen) atoms. The van der Waals surface area contributed by atoms with Crippen molar-refractivity contribution in [3.8, 4) is 0 Å². The number of ether oxygens (including phenoxy) is 1. The quantitative estimate of drug-likeness (QED) is 0.918. The summed E-state index contributed by atoms with van der Waals surface area (Å²) in [7, 11) is 0. The number of hydrogen-bond acceptors (Lipinski definition) is 2. The van der Waals surface area contributed by atoms with Crippen molar-refractivity contribution in [2.75, 3.05) is 0 Å². The summed E-state index contributed by atoms with van der Waals surface area (Å²) in [5.41, 5.74) is 2.28. The van der Waals surface area contributed by atoms with Gasteiger partial charge < -0.3 is 14.4 Å². The van der Waals surface area contributed by atoms with E-state index in [1.807, 2.05) is 12.1 Å². The van der Waals surface area contributed by atoms with Crippen LogP contribution in [0.1, 0.15) is 31.7 Å². The monoisotopic (exact) mass is 287 g/mol. The summed E-state index contributed by atoms with van der Waals surface area (Å²) >= 11 is 0. The molecule has 3 rings (SSSR count). The van der Waals surface area contributed by atoms with Gasteiger partial charge >= 0.3 is 5.97 Å². The Kier molecular flexibility index (Phi) is 3.97. The van der Waals surface area contributed by atoms with Crippen molar-refractivity contribution in [3.05, 3.63) is 36.0 Å². The number of hydrogen-bond donors (Lipinski definition) is 1. The molecule has 1 aromatic carbocycles. The maximum Gasteiger partial charge on any atom is 0.303 e. The molecule has 0 bridgehead atoms. The normalized spacial score (nSPS) is 22.0. The predicted octanol–water partition coefficient (Wildman–Crippen LogP) is 3.23. The predicted molar refractivity (Wildman–Crippen MR) is 81.5 cm³/mol. The maximum absolute atomic E-state index is 10.8. The van der Waals surface area contributed by atoms with E-state index in [9.17, 15) is 4.79 Å². The summed E-state index contributed by atoms with van der Waals surface area (Å²) in [6.07, 6.45) is 5.68. The topological polar surface area (TPSA) is 51.5 Å². The van der Waals surface area contributed by atoms with Crippen molar-refractivity contribution in [2.45, 2.75) is 51.4 Å². The second kappa shape index (κ2) is 5.90. The fourth-order valence-corrected chi connectivity index (χ4v) is 3.15. The van der Waals surface area contributed by atoms with Crippen molar-refractivity contribution >= 4 is 16.9 Å². The first-order valence-corrected chi connectivity index (χ1v) is 7.57. The Hall–Kier alpha value is -1.81. The lowest BCUT2D eigenvalue weighted by Crippen LogP contribution is -2.15. The number of carboxylic acids is 1. The highest BCUT2D eigenvalue weighted by Crippen LogP contribution is 2.26. The number of aryl methyl sites for hydroxylation is 1. The molecule has 1 N–H and O–H groups in total. The minimum absolute atomic E-state index is 0.172. The lowest BCUT2D eigenvalue weighted by molar-refractivity contribution is -0.136. The fourth-order valence-electron chi connectivity index (χ4n) is 3.15. The lowest BCUT2D eigenvalue weighted by atomic mass is 10.1. The smallest absolute Gasteiger partial charge is 0.303 e. The van der Waals surface area contributed by atoms with Gasteiger partial charge in [0.15, 0.2) is 0 Å². The van der Waals surface area contributed by atoms with Crippen LogP contribution in [0.2, 0.25) is 0 Å². The van der Waals surface area contributed by atoms with Crippen LogP contribution >= 0.6 is 0 Å². The summed E-state index contributed by atoms with van der Waals surface area (Å²) in [6.45, 7) is 2.96. The number of rotatable bonds is 5. The highest BCUT2D eigenvalue weighted by Gasteiger charge is 2.22. The number of para-hydroxylation sites is 1. The number of nitrogens with zero attached hydrogens (tertiary/aromatic N) is 1. The van der Waals surface area contributed by atoms with E-state index in [1.165, 1.54) is 5.52 Å². The van der Waals surface area contributed by atoms with Crippen LogP contribution in [0.3, 0.4) is 0 Å². The second-order valence-electron chi connectivity index (χ2n) is 5.86. The molecular weight excluding hydrogens is 266 g/mol. The largest absolute Gasteiger partial charge is 0.481 e. The Morgan fingerprint density at radius 3 is 2.90 bits per heavy atom. The molecule has 1 saturated heterocycles. The van der Waals surface area contributed by atoms with Crippen LogP contribution in [0.25, 0.3) is 10.9 Å². The molecule has 0 spiro atoms. The van der Waals surface area contributed by atoms with E-state index in [1.54, 1.807) is 0 Å². The van der Waals surface area contributed by atoms with Gasteiger partial charge in [-0.15, -0.1) is 0 Å². The Bertz CT molecular complexity index is 647. The Balaban J connectivity index is 1.85. The van der Waals surface area contributed by atoms with Crippen LogP contribution in [0, 0.1) is 0 Å². The van der Waals surface area contributed by atoms with Gasteiger partial charge in [-0.2, -0.15) is 0 Å². The molecule has 0 saturated carbocycles. The number of aromatic nitrogens is 1. The molecule has 112 valence electrons. The van der Waals surface area contributed by atoms with Gasteiger partial charge in [0.2, 0.25) is 0 Å². The van der Waals surface area contributed by atoms with Gasteiger partial charge in [-0.3, -0.25) is 4.79 Å². The molecule has 2 heterocycles. The van der Waals surface area contributed by atoms with E-state index in [4.69, 9.17) is 9.84 Å². The van der Waals surface area contributed by atoms with Crippen LogP contribution in [-0.2, 0) is 22.5 Å². The van der Waals surface area contributed by atoms with E-state index < -0.39 is 5.97 Å². The van der Waals surface area contributed by atoms with Crippen LogP contribution in [0.4, 0.5) is 0 Å². The molecule has 1 aliphatic rings. The molecule has 2 atom stereocenters. The molecule has 1 fully saturated rings. The van der Waals surface area contributed by atoms with E-state index in [2.05, 4.69) is 29.8 Å². The van der Waals surface area contributed by atoms with Gasteiger partial charge in [0.1, 0.15) is 0 Å². The summed E-state index contributed by atoms with van der Waals surface area (Å²) in [6, 6.07) is 8.20. The SMILES string of the molecule is CC1CCC(Cn2cc(CCC(=O)O)c3ccccc32)O1. The standard InChI is InChI=1S/C17H21NO3/c1-12-6-8-14(21-12)11-18-10-13(7-9-17(19)20)15-4-2-3-5-16(15)18/h2-5,10,12,14H,6-9,11H2,1H3,(H,19,20). The molecule has 4 nitrogen and oxygen atoms in total. The van der Waals surface area contributed by atoms with Crippen LogP contribution in [-0.4, -0.2) is 27.9 Å². The van der Waals surface area contributed by atoms with Gasteiger partial charge in [-0.25, -0.2) is 0 Å². The third-order valence-corrected chi connectivity index (χ3v) is 4.20. The first-order valence-electron chi connectivity index (χ1n) is 7.57. The average Bonchev–Trinajstić information content (AvgIpc) is 3.02. The zero-order chi connectivity index (χ0) is 14.8.